The Bertz CT molecular complexity index is 290. The minimum absolute atomic E-state index is 0.118. The number of hydrogen-bond acceptors (Lipinski definition) is 2. The molecule has 0 aromatic heterocycles. The molecular weight excluding hydrogens is 232 g/mol. The van der Waals surface area contributed by atoms with E-state index in [1.54, 1.807) is 4.90 Å². The SMILES string of the molecule is CCC(CC)CNC(=O)N1CCC[C@@H](C(=O)O)C1. The van der Waals surface area contributed by atoms with Crippen LogP contribution in [0.3, 0.4) is 0 Å². The summed E-state index contributed by atoms with van der Waals surface area (Å²) in [5, 5.41) is 11.9. The molecule has 0 unspecified atom stereocenters. The smallest absolute Gasteiger partial charge is 0.317 e. The highest BCUT2D eigenvalue weighted by molar-refractivity contribution is 5.76. The molecule has 5 nitrogen and oxygen atoms in total. The van der Waals surface area contributed by atoms with Gasteiger partial charge in [0.1, 0.15) is 0 Å². The molecule has 0 bridgehead atoms. The third kappa shape index (κ3) is 4.20. The second-order valence-corrected chi connectivity index (χ2v) is 4.99. The van der Waals surface area contributed by atoms with E-state index in [0.29, 0.717) is 32.0 Å². The van der Waals surface area contributed by atoms with Gasteiger partial charge in [0.15, 0.2) is 0 Å². The largest absolute Gasteiger partial charge is 0.481 e. The van der Waals surface area contributed by atoms with Gasteiger partial charge in [0, 0.05) is 19.6 Å². The van der Waals surface area contributed by atoms with Crippen LogP contribution in [0.5, 0.6) is 0 Å². The summed E-state index contributed by atoms with van der Waals surface area (Å²) in [5.74, 6) is -0.695. The number of likely N-dealkylation sites (tertiary alicyclic amines) is 1. The van der Waals surface area contributed by atoms with Crippen molar-refractivity contribution in [3.8, 4) is 0 Å². The lowest BCUT2D eigenvalue weighted by molar-refractivity contribution is -0.143. The van der Waals surface area contributed by atoms with Gasteiger partial charge in [-0.1, -0.05) is 26.7 Å². The van der Waals surface area contributed by atoms with Crippen molar-refractivity contribution in [2.75, 3.05) is 19.6 Å². The molecule has 104 valence electrons. The summed E-state index contributed by atoms with van der Waals surface area (Å²) < 4.78 is 0. The number of piperidine rings is 1. The van der Waals surface area contributed by atoms with E-state index in [-0.39, 0.29) is 6.03 Å². The Morgan fingerprint density at radius 3 is 2.61 bits per heavy atom. The predicted molar refractivity (Wildman–Crippen MR) is 69.4 cm³/mol. The molecule has 0 radical (unpaired) electrons. The van der Waals surface area contributed by atoms with Crippen LogP contribution in [0.25, 0.3) is 0 Å². The van der Waals surface area contributed by atoms with Crippen molar-refractivity contribution in [2.45, 2.75) is 39.5 Å². The van der Waals surface area contributed by atoms with Crippen LogP contribution in [0.2, 0.25) is 0 Å². The third-order valence-corrected chi connectivity index (χ3v) is 3.75. The van der Waals surface area contributed by atoms with Gasteiger partial charge in [-0.2, -0.15) is 0 Å². The number of carbonyl (C=O) groups is 2. The molecule has 1 aliphatic rings. The average molecular weight is 256 g/mol. The van der Waals surface area contributed by atoms with Crippen LogP contribution in [0.1, 0.15) is 39.5 Å². The molecule has 18 heavy (non-hydrogen) atoms. The van der Waals surface area contributed by atoms with Gasteiger partial charge in [0.05, 0.1) is 5.92 Å². The fourth-order valence-corrected chi connectivity index (χ4v) is 2.28. The minimum atomic E-state index is -0.799. The predicted octanol–water partition coefficient (Wildman–Crippen LogP) is 1.93. The van der Waals surface area contributed by atoms with Crippen LogP contribution in [0, 0.1) is 11.8 Å². The van der Waals surface area contributed by atoms with Crippen molar-refractivity contribution < 1.29 is 14.7 Å². The van der Waals surface area contributed by atoms with E-state index >= 15 is 0 Å². The molecular formula is C13H24N2O3. The first-order chi connectivity index (χ1) is 8.58. The average Bonchev–Trinajstić information content (AvgIpc) is 2.39. The van der Waals surface area contributed by atoms with Gasteiger partial charge in [0.2, 0.25) is 0 Å². The van der Waals surface area contributed by atoms with Gasteiger partial charge < -0.3 is 15.3 Å². The van der Waals surface area contributed by atoms with E-state index in [2.05, 4.69) is 19.2 Å². The van der Waals surface area contributed by atoms with Gasteiger partial charge in [-0.05, 0) is 18.8 Å². The zero-order chi connectivity index (χ0) is 13.5. The Morgan fingerprint density at radius 1 is 1.39 bits per heavy atom. The highest BCUT2D eigenvalue weighted by Gasteiger charge is 2.28. The highest BCUT2D eigenvalue weighted by Crippen LogP contribution is 2.16. The van der Waals surface area contributed by atoms with Crippen LogP contribution in [-0.4, -0.2) is 41.6 Å². The van der Waals surface area contributed by atoms with E-state index in [9.17, 15) is 9.59 Å². The number of aliphatic carboxylic acids is 1. The molecule has 1 aliphatic heterocycles. The Balaban J connectivity index is 2.39. The molecule has 1 heterocycles. The van der Waals surface area contributed by atoms with Crippen LogP contribution in [0.4, 0.5) is 4.79 Å². The van der Waals surface area contributed by atoms with Crippen molar-refractivity contribution in [1.82, 2.24) is 10.2 Å². The molecule has 1 fully saturated rings. The van der Waals surface area contributed by atoms with E-state index in [0.717, 1.165) is 19.3 Å². The van der Waals surface area contributed by atoms with Crippen molar-refractivity contribution in [2.24, 2.45) is 11.8 Å². The monoisotopic (exact) mass is 256 g/mol. The lowest BCUT2D eigenvalue weighted by Gasteiger charge is -2.31. The molecule has 0 aromatic carbocycles. The van der Waals surface area contributed by atoms with Crippen LogP contribution < -0.4 is 5.32 Å². The number of carboxylic acids is 1. The number of nitrogens with zero attached hydrogens (tertiary/aromatic N) is 1. The lowest BCUT2D eigenvalue weighted by atomic mass is 9.98. The number of carbonyl (C=O) groups excluding carboxylic acids is 1. The molecule has 1 saturated heterocycles. The molecule has 0 aliphatic carbocycles. The maximum Gasteiger partial charge on any atom is 0.317 e. The van der Waals surface area contributed by atoms with Gasteiger partial charge in [-0.3, -0.25) is 4.79 Å². The van der Waals surface area contributed by atoms with Crippen LogP contribution in [-0.2, 0) is 4.79 Å². The van der Waals surface area contributed by atoms with Crippen LogP contribution >= 0.6 is 0 Å². The Labute approximate surface area is 109 Å². The molecule has 0 spiro atoms. The minimum Gasteiger partial charge on any atom is -0.481 e. The van der Waals surface area contributed by atoms with Crippen molar-refractivity contribution >= 4 is 12.0 Å². The summed E-state index contributed by atoms with van der Waals surface area (Å²) in [4.78, 5) is 24.5. The molecule has 1 atom stereocenters. The van der Waals surface area contributed by atoms with Crippen LogP contribution in [0.15, 0.2) is 0 Å². The summed E-state index contributed by atoms with van der Waals surface area (Å²) in [5.41, 5.74) is 0. The zero-order valence-corrected chi connectivity index (χ0v) is 11.3. The van der Waals surface area contributed by atoms with Gasteiger partial charge in [0.25, 0.3) is 0 Å². The lowest BCUT2D eigenvalue weighted by Crippen LogP contribution is -2.47. The quantitative estimate of drug-likeness (QED) is 0.789. The fourth-order valence-electron chi connectivity index (χ4n) is 2.28. The second-order valence-electron chi connectivity index (χ2n) is 4.99. The number of urea groups is 1. The fraction of sp³-hybridized carbons (Fsp3) is 0.846. The first kappa shape index (κ1) is 14.8. The van der Waals surface area contributed by atoms with E-state index in [1.807, 2.05) is 0 Å². The number of amides is 2. The zero-order valence-electron chi connectivity index (χ0n) is 11.3. The standard InChI is InChI=1S/C13H24N2O3/c1-3-10(4-2)8-14-13(18)15-7-5-6-11(9-15)12(16)17/h10-11H,3-9H2,1-2H3,(H,14,18)(H,16,17)/t11-/m1/s1. The van der Waals surface area contributed by atoms with E-state index in [1.165, 1.54) is 0 Å². The molecule has 0 saturated carbocycles. The first-order valence-corrected chi connectivity index (χ1v) is 6.84. The van der Waals surface area contributed by atoms with E-state index < -0.39 is 11.9 Å². The Kier molecular flexibility index (Phi) is 5.95. The molecule has 5 heteroatoms. The van der Waals surface area contributed by atoms with Crippen molar-refractivity contribution in [1.29, 1.82) is 0 Å². The molecule has 2 amide bonds. The van der Waals surface area contributed by atoms with Crippen molar-refractivity contribution in [3.05, 3.63) is 0 Å². The maximum absolute atomic E-state index is 11.9. The number of nitrogens with one attached hydrogen (secondary N) is 1. The molecule has 2 N–H and O–H groups in total. The number of rotatable bonds is 5. The first-order valence-electron chi connectivity index (χ1n) is 6.84. The second kappa shape index (κ2) is 7.24. The van der Waals surface area contributed by atoms with Gasteiger partial charge >= 0.3 is 12.0 Å². The van der Waals surface area contributed by atoms with Gasteiger partial charge in [-0.15, -0.1) is 0 Å². The summed E-state index contributed by atoms with van der Waals surface area (Å²) in [7, 11) is 0. The summed E-state index contributed by atoms with van der Waals surface area (Å²) in [6, 6.07) is -0.118. The Morgan fingerprint density at radius 2 is 2.06 bits per heavy atom. The summed E-state index contributed by atoms with van der Waals surface area (Å²) in [6.45, 7) is 5.91. The van der Waals surface area contributed by atoms with Crippen molar-refractivity contribution in [3.63, 3.8) is 0 Å². The molecule has 1 rings (SSSR count). The molecule has 0 aromatic rings. The summed E-state index contributed by atoms with van der Waals surface area (Å²) in [6.07, 6.45) is 3.55. The number of hydrogen-bond donors (Lipinski definition) is 2. The normalized spacial score (nSPS) is 19.9. The summed E-state index contributed by atoms with van der Waals surface area (Å²) >= 11 is 0. The highest BCUT2D eigenvalue weighted by atomic mass is 16.4. The third-order valence-electron chi connectivity index (χ3n) is 3.75. The Hall–Kier alpha value is -1.26. The number of carboxylic acid groups (broad SMARTS) is 1. The maximum atomic E-state index is 11.9. The van der Waals surface area contributed by atoms with Gasteiger partial charge in [-0.25, -0.2) is 4.79 Å². The van der Waals surface area contributed by atoms with E-state index in [4.69, 9.17) is 5.11 Å². The topological polar surface area (TPSA) is 69.6 Å².